The summed E-state index contributed by atoms with van der Waals surface area (Å²) in [5, 5.41) is 8.30. The minimum Gasteiger partial charge on any atom is -0.515 e. The second-order valence-corrected chi connectivity index (χ2v) is 2.05. The summed E-state index contributed by atoms with van der Waals surface area (Å²) < 4.78 is 0. The molecule has 0 aliphatic carbocycles. The fraction of sp³-hybridized carbons (Fsp3) is 0. The molecule has 0 aromatic heterocycles. The molecule has 1 aromatic carbocycles. The summed E-state index contributed by atoms with van der Waals surface area (Å²) in [6, 6.07) is 8.78. The largest absolute Gasteiger partial charge is 1.00 e. The number of allylic oxidation sites excluding steroid dienone is 1. The number of aliphatic hydroxyl groups excluding tert-OH is 1. The number of carbonyl (C=O) groups is 1. The first kappa shape index (κ1) is 11.4. The SMILES string of the molecule is O=C(/C=C/O)c1ccccc1.[Na+]. The maximum absolute atomic E-state index is 11.0. The maximum Gasteiger partial charge on any atom is 1.00 e. The van der Waals surface area contributed by atoms with Crippen LogP contribution in [0.5, 0.6) is 0 Å². The van der Waals surface area contributed by atoms with E-state index < -0.39 is 0 Å². The molecule has 12 heavy (non-hydrogen) atoms. The van der Waals surface area contributed by atoms with Gasteiger partial charge in [-0.3, -0.25) is 4.79 Å². The minimum absolute atomic E-state index is 0. The summed E-state index contributed by atoms with van der Waals surface area (Å²) in [7, 11) is 0. The van der Waals surface area contributed by atoms with Crippen molar-refractivity contribution in [3.05, 3.63) is 48.2 Å². The Morgan fingerprint density at radius 3 is 2.33 bits per heavy atom. The van der Waals surface area contributed by atoms with E-state index >= 15 is 0 Å². The van der Waals surface area contributed by atoms with Crippen molar-refractivity contribution in [2.45, 2.75) is 0 Å². The number of carbonyl (C=O) groups excluding carboxylic acids is 1. The number of benzene rings is 1. The molecule has 0 fully saturated rings. The Labute approximate surface area is 93.2 Å². The summed E-state index contributed by atoms with van der Waals surface area (Å²) in [5.74, 6) is -0.187. The Kier molecular flexibility index (Phi) is 5.72. The van der Waals surface area contributed by atoms with E-state index in [2.05, 4.69) is 0 Å². The van der Waals surface area contributed by atoms with Crippen LogP contribution in [-0.4, -0.2) is 10.9 Å². The van der Waals surface area contributed by atoms with Crippen molar-refractivity contribution in [2.75, 3.05) is 0 Å². The van der Waals surface area contributed by atoms with E-state index in [0.29, 0.717) is 5.56 Å². The molecule has 2 nitrogen and oxygen atoms in total. The quantitative estimate of drug-likeness (QED) is 0.267. The third-order valence-electron chi connectivity index (χ3n) is 1.28. The summed E-state index contributed by atoms with van der Waals surface area (Å²) in [5.41, 5.74) is 0.581. The topological polar surface area (TPSA) is 37.3 Å². The Balaban J connectivity index is 0.00000121. The van der Waals surface area contributed by atoms with Crippen molar-refractivity contribution in [2.24, 2.45) is 0 Å². The third-order valence-corrected chi connectivity index (χ3v) is 1.28. The zero-order valence-electron chi connectivity index (χ0n) is 6.90. The molecule has 56 valence electrons. The summed E-state index contributed by atoms with van der Waals surface area (Å²) in [4.78, 5) is 11.0. The van der Waals surface area contributed by atoms with Gasteiger partial charge in [0, 0.05) is 11.6 Å². The van der Waals surface area contributed by atoms with E-state index in [0.717, 1.165) is 12.3 Å². The van der Waals surface area contributed by atoms with Gasteiger partial charge in [0.05, 0.1) is 6.26 Å². The Bertz CT molecular complexity index is 267. The van der Waals surface area contributed by atoms with Gasteiger partial charge < -0.3 is 5.11 Å². The van der Waals surface area contributed by atoms with E-state index in [1.165, 1.54) is 0 Å². The monoisotopic (exact) mass is 171 g/mol. The van der Waals surface area contributed by atoms with Crippen LogP contribution in [-0.2, 0) is 0 Å². The van der Waals surface area contributed by atoms with Crippen molar-refractivity contribution < 1.29 is 39.5 Å². The standard InChI is InChI=1S/C9H8O2.Na/c10-7-6-9(11)8-4-2-1-3-5-8;/h1-7,10H;/q;+1/b7-6+;. The minimum atomic E-state index is -0.187. The summed E-state index contributed by atoms with van der Waals surface area (Å²) in [6.07, 6.45) is 1.87. The molecule has 1 N–H and O–H groups in total. The van der Waals surface area contributed by atoms with Crippen molar-refractivity contribution in [1.29, 1.82) is 0 Å². The van der Waals surface area contributed by atoms with E-state index in [1.54, 1.807) is 24.3 Å². The molecule has 0 unspecified atom stereocenters. The van der Waals surface area contributed by atoms with Crippen LogP contribution in [0.15, 0.2) is 42.7 Å². The van der Waals surface area contributed by atoms with Crippen molar-refractivity contribution in [3.8, 4) is 0 Å². The second-order valence-electron chi connectivity index (χ2n) is 2.05. The average Bonchev–Trinajstić information content (AvgIpc) is 2.07. The normalized spacial score (nSPS) is 9.33. The van der Waals surface area contributed by atoms with Gasteiger partial charge in [-0.15, -0.1) is 0 Å². The number of hydrogen-bond donors (Lipinski definition) is 1. The van der Waals surface area contributed by atoms with Crippen molar-refractivity contribution >= 4 is 5.78 Å². The molecule has 0 saturated heterocycles. The van der Waals surface area contributed by atoms with E-state index in [9.17, 15) is 4.79 Å². The zero-order chi connectivity index (χ0) is 8.10. The Morgan fingerprint density at radius 1 is 1.25 bits per heavy atom. The van der Waals surface area contributed by atoms with Gasteiger partial charge in [0.25, 0.3) is 0 Å². The molecule has 0 radical (unpaired) electrons. The molecule has 0 amide bonds. The maximum atomic E-state index is 11.0. The molecule has 1 rings (SSSR count). The van der Waals surface area contributed by atoms with Gasteiger partial charge in [0.1, 0.15) is 0 Å². The van der Waals surface area contributed by atoms with Gasteiger partial charge in [-0.2, -0.15) is 0 Å². The van der Waals surface area contributed by atoms with Crippen LogP contribution >= 0.6 is 0 Å². The van der Waals surface area contributed by atoms with Crippen LogP contribution in [0.1, 0.15) is 10.4 Å². The first-order valence-corrected chi connectivity index (χ1v) is 3.25. The zero-order valence-corrected chi connectivity index (χ0v) is 8.90. The molecule has 0 bridgehead atoms. The molecular formula is C9H8NaO2+. The predicted octanol–water partition coefficient (Wildman–Crippen LogP) is -1.06. The van der Waals surface area contributed by atoms with Crippen LogP contribution in [0, 0.1) is 0 Å². The van der Waals surface area contributed by atoms with E-state index in [4.69, 9.17) is 5.11 Å². The van der Waals surface area contributed by atoms with Gasteiger partial charge in [-0.25, -0.2) is 0 Å². The van der Waals surface area contributed by atoms with E-state index in [1.807, 2.05) is 6.07 Å². The number of ketones is 1. The molecule has 0 saturated carbocycles. The molecule has 0 atom stereocenters. The van der Waals surface area contributed by atoms with Crippen molar-refractivity contribution in [3.63, 3.8) is 0 Å². The molecule has 0 spiro atoms. The van der Waals surface area contributed by atoms with Crippen LogP contribution in [0.25, 0.3) is 0 Å². The van der Waals surface area contributed by atoms with Crippen molar-refractivity contribution in [1.82, 2.24) is 0 Å². The number of hydrogen-bond acceptors (Lipinski definition) is 2. The van der Waals surface area contributed by atoms with Crippen LogP contribution in [0.3, 0.4) is 0 Å². The third kappa shape index (κ3) is 3.22. The first-order chi connectivity index (χ1) is 5.34. The summed E-state index contributed by atoms with van der Waals surface area (Å²) >= 11 is 0. The number of aliphatic hydroxyl groups is 1. The molecule has 0 heterocycles. The van der Waals surface area contributed by atoms with Gasteiger partial charge in [0.15, 0.2) is 5.78 Å². The molecular weight excluding hydrogens is 163 g/mol. The summed E-state index contributed by atoms with van der Waals surface area (Å²) in [6.45, 7) is 0. The van der Waals surface area contributed by atoms with Gasteiger partial charge in [0.2, 0.25) is 0 Å². The number of rotatable bonds is 2. The predicted molar refractivity (Wildman–Crippen MR) is 42.5 cm³/mol. The smallest absolute Gasteiger partial charge is 0.515 e. The fourth-order valence-corrected chi connectivity index (χ4v) is 0.766. The first-order valence-electron chi connectivity index (χ1n) is 3.25. The van der Waals surface area contributed by atoms with Gasteiger partial charge >= 0.3 is 29.6 Å². The fourth-order valence-electron chi connectivity index (χ4n) is 0.766. The van der Waals surface area contributed by atoms with Gasteiger partial charge in [-0.05, 0) is 0 Å². The van der Waals surface area contributed by atoms with Crippen LogP contribution < -0.4 is 29.6 Å². The molecule has 0 aliphatic heterocycles. The van der Waals surface area contributed by atoms with E-state index in [-0.39, 0.29) is 35.3 Å². The average molecular weight is 171 g/mol. The van der Waals surface area contributed by atoms with Gasteiger partial charge in [-0.1, -0.05) is 30.3 Å². The van der Waals surface area contributed by atoms with Crippen LogP contribution in [0.4, 0.5) is 0 Å². The van der Waals surface area contributed by atoms with Crippen LogP contribution in [0.2, 0.25) is 0 Å². The Hall–Kier alpha value is -0.570. The molecule has 1 aromatic rings. The molecule has 3 heteroatoms. The Morgan fingerprint density at radius 2 is 1.83 bits per heavy atom. The second kappa shape index (κ2) is 6.00. The molecule has 0 aliphatic rings.